The molecule has 127 heavy (non-hydrogen) atoms. The van der Waals surface area contributed by atoms with Crippen LogP contribution < -0.4 is 45.5 Å². The summed E-state index contributed by atoms with van der Waals surface area (Å²) in [5.41, 5.74) is 4.40. The topological polar surface area (TPSA) is 386 Å². The van der Waals surface area contributed by atoms with Crippen molar-refractivity contribution in [2.24, 2.45) is 28.2 Å². The fourth-order valence-corrected chi connectivity index (χ4v) is 16.0. The predicted molar refractivity (Wildman–Crippen MR) is 466 cm³/mol. The average molecular weight is 1720 g/mol. The van der Waals surface area contributed by atoms with Gasteiger partial charge < -0.3 is 69.4 Å². The number of likely N-dealkylation sites (N-methyl/N-ethyl adjacent to an activating group) is 1. The molecule has 0 saturated carbocycles. The summed E-state index contributed by atoms with van der Waals surface area (Å²) in [7, 11) is 8.48. The Hall–Kier alpha value is -14.9. The second kappa shape index (κ2) is 37.3. The summed E-state index contributed by atoms with van der Waals surface area (Å²) in [6.07, 6.45) is 5.36. The van der Waals surface area contributed by atoms with Crippen molar-refractivity contribution in [1.29, 1.82) is 0 Å². The number of esters is 1. The van der Waals surface area contributed by atoms with Crippen LogP contribution in [0.4, 0.5) is 9.59 Å². The van der Waals surface area contributed by atoms with E-state index in [0.29, 0.717) is 97.6 Å². The third-order valence-corrected chi connectivity index (χ3v) is 23.1. The Labute approximate surface area is 733 Å². The van der Waals surface area contributed by atoms with E-state index < -0.39 is 63.6 Å². The SMILES string of the molecule is COc1ccc2c(c1)C(=O)N(C[C@@]1(C#Cc3ccc(-c4nc(-c5cnn(C)c5)ccc4OC(=O)C(C)(C)C)cc3)NC(=O)NC1=O)C2.COc1ccc2c(c1)C(=O)N(C[C@@]1(C#Cc3ccc(C(=NO)N4CCCN(C(C)C)CC4)cc3)NC(=O)NC1=O)C2.COc1ccc2c(c1)C(=O)N(C[C@@]1(C#Cc3ccc(C(=NO)N4CCCN(C)CC4)cc3)CC(=O)NC1=O)C2. The molecule has 33 nitrogen and oxygen atoms in total. The zero-order valence-electron chi connectivity index (χ0n) is 72.0. The minimum absolute atomic E-state index is 0.00376. The number of imide groups is 3. The Morgan fingerprint density at radius 2 is 0.976 bits per heavy atom. The van der Waals surface area contributed by atoms with Gasteiger partial charge in [-0.1, -0.05) is 76.2 Å². The molecule has 0 bridgehead atoms. The van der Waals surface area contributed by atoms with Crippen LogP contribution in [0.2, 0.25) is 0 Å². The molecular weight excluding hydrogens is 1620 g/mol. The zero-order valence-corrected chi connectivity index (χ0v) is 72.0. The molecule has 654 valence electrons. The first-order chi connectivity index (χ1) is 60.9. The Morgan fingerprint density at radius 1 is 0.520 bits per heavy atom. The lowest BCUT2D eigenvalue weighted by molar-refractivity contribution is -0.143. The number of amidine groups is 2. The van der Waals surface area contributed by atoms with Crippen molar-refractivity contribution in [3.63, 3.8) is 0 Å². The largest absolute Gasteiger partial charge is 0.497 e. The number of aryl methyl sites for hydroxylation is 1. The van der Waals surface area contributed by atoms with Crippen LogP contribution in [0, 0.1) is 46.4 Å². The minimum Gasteiger partial charge on any atom is -0.497 e. The normalized spacial score (nSPS) is 19.9. The van der Waals surface area contributed by atoms with Gasteiger partial charge in [0, 0.05) is 147 Å². The smallest absolute Gasteiger partial charge is 0.323 e. The van der Waals surface area contributed by atoms with Crippen LogP contribution in [0.25, 0.3) is 22.5 Å². The average Bonchev–Trinajstić information content (AvgIpc) is 1.63. The Kier molecular flexibility index (Phi) is 26.0. The highest BCUT2D eigenvalue weighted by molar-refractivity contribution is 6.12. The van der Waals surface area contributed by atoms with Crippen LogP contribution >= 0.6 is 0 Å². The van der Waals surface area contributed by atoms with Crippen molar-refractivity contribution >= 4 is 71.1 Å². The number of aromatic nitrogens is 3. The van der Waals surface area contributed by atoms with Crippen LogP contribution in [0.1, 0.15) is 129 Å². The second-order valence-electron chi connectivity index (χ2n) is 33.3. The van der Waals surface area contributed by atoms with Crippen molar-refractivity contribution in [1.82, 2.24) is 75.6 Å². The number of amides is 11. The highest BCUT2D eigenvalue weighted by Crippen LogP contribution is 2.38. The number of ether oxygens (including phenoxy) is 4. The number of urea groups is 2. The maximum Gasteiger partial charge on any atom is 0.323 e. The zero-order chi connectivity index (χ0) is 90.2. The van der Waals surface area contributed by atoms with Crippen molar-refractivity contribution in [2.75, 3.05) is 100 Å². The van der Waals surface area contributed by atoms with Crippen molar-refractivity contribution < 1.29 is 77.3 Å². The number of hydrogen-bond acceptors (Lipinski definition) is 22. The minimum atomic E-state index is -1.66. The molecule has 5 fully saturated rings. The van der Waals surface area contributed by atoms with Crippen molar-refractivity contribution in [2.45, 2.75) is 90.6 Å². The Balaban J connectivity index is 0.000000155. The van der Waals surface area contributed by atoms with Crippen LogP contribution in [-0.4, -0.2) is 248 Å². The number of carbonyl (C=O) groups is 10. The molecule has 5 saturated heterocycles. The molecule has 8 aliphatic rings. The van der Waals surface area contributed by atoms with Crippen LogP contribution in [0.15, 0.2) is 162 Å². The molecule has 11 amide bonds. The van der Waals surface area contributed by atoms with Crippen LogP contribution in [0.5, 0.6) is 23.0 Å². The lowest BCUT2D eigenvalue weighted by Gasteiger charge is -2.26. The van der Waals surface area contributed by atoms with E-state index in [9.17, 15) is 58.4 Å². The highest BCUT2D eigenvalue weighted by atomic mass is 16.5. The number of benzene rings is 6. The van der Waals surface area contributed by atoms with Gasteiger partial charge in [0.1, 0.15) is 28.4 Å². The van der Waals surface area contributed by atoms with Gasteiger partial charge in [-0.15, -0.1) is 0 Å². The Morgan fingerprint density at radius 3 is 1.39 bits per heavy atom. The predicted octanol–water partition coefficient (Wildman–Crippen LogP) is 7.04. The van der Waals surface area contributed by atoms with E-state index in [1.807, 2.05) is 49.6 Å². The summed E-state index contributed by atoms with van der Waals surface area (Å²) in [4.78, 5) is 146. The quantitative estimate of drug-likeness (QED) is 0.00790. The molecular formula is C94H97N17O16. The van der Waals surface area contributed by atoms with Gasteiger partial charge in [-0.25, -0.2) is 14.6 Å². The summed E-state index contributed by atoms with van der Waals surface area (Å²) in [5.74, 6) is 17.5. The van der Waals surface area contributed by atoms with Crippen molar-refractivity contribution in [3.8, 4) is 81.0 Å². The van der Waals surface area contributed by atoms with Crippen molar-refractivity contribution in [3.05, 3.63) is 213 Å². The fourth-order valence-electron chi connectivity index (χ4n) is 16.0. The molecule has 2 aromatic heterocycles. The summed E-state index contributed by atoms with van der Waals surface area (Å²) in [5, 5.41) is 43.1. The lowest BCUT2D eigenvalue weighted by atomic mass is 9.85. The van der Waals surface area contributed by atoms with E-state index in [2.05, 4.69) is 118 Å². The van der Waals surface area contributed by atoms with E-state index in [4.69, 9.17) is 23.9 Å². The number of nitrogens with one attached hydrogen (secondary N) is 5. The van der Waals surface area contributed by atoms with Crippen LogP contribution in [-0.2, 0) is 50.7 Å². The lowest BCUT2D eigenvalue weighted by Crippen LogP contribution is -2.54. The number of nitrogens with zero attached hydrogens (tertiary/aromatic N) is 12. The maximum atomic E-state index is 13.2. The fraction of sp³-hybridized carbons (Fsp3) is 0.340. The molecule has 0 spiro atoms. The molecule has 0 unspecified atom stereocenters. The van der Waals surface area contributed by atoms with Gasteiger partial charge in [0.2, 0.25) is 22.9 Å². The van der Waals surface area contributed by atoms with Gasteiger partial charge in [-0.3, -0.25) is 63.9 Å². The van der Waals surface area contributed by atoms with E-state index in [0.717, 1.165) is 98.6 Å². The van der Waals surface area contributed by atoms with E-state index in [1.165, 1.54) is 31.1 Å². The monoisotopic (exact) mass is 1720 g/mol. The van der Waals surface area contributed by atoms with Gasteiger partial charge in [0.25, 0.3) is 29.5 Å². The number of carbonyl (C=O) groups excluding carboxylic acids is 10. The first kappa shape index (κ1) is 88.4. The maximum absolute atomic E-state index is 13.2. The van der Waals surface area contributed by atoms with Gasteiger partial charge >= 0.3 is 18.0 Å². The van der Waals surface area contributed by atoms with E-state index >= 15 is 0 Å². The second-order valence-corrected chi connectivity index (χ2v) is 33.3. The highest BCUT2D eigenvalue weighted by Gasteiger charge is 2.52. The van der Waals surface area contributed by atoms with Gasteiger partial charge in [0.05, 0.1) is 58.1 Å². The molecule has 16 rings (SSSR count). The number of fused-ring (bicyclic) bond motifs is 3. The molecule has 33 heteroatoms. The van der Waals surface area contributed by atoms with E-state index in [1.54, 1.807) is 140 Å². The van der Waals surface area contributed by atoms with Gasteiger partial charge in [-0.2, -0.15) is 5.10 Å². The molecule has 0 radical (unpaired) electrons. The summed E-state index contributed by atoms with van der Waals surface area (Å²) < 4.78 is 23.2. The number of oxime groups is 2. The van der Waals surface area contributed by atoms with Gasteiger partial charge in [-0.05, 0) is 187 Å². The first-order valence-electron chi connectivity index (χ1n) is 41.4. The third kappa shape index (κ3) is 19.6. The van der Waals surface area contributed by atoms with Crippen LogP contribution in [0.3, 0.4) is 0 Å². The van der Waals surface area contributed by atoms with E-state index in [-0.39, 0.29) is 56.9 Å². The molecule has 8 aromatic rings. The molecule has 3 atom stereocenters. The molecule has 7 N–H and O–H groups in total. The summed E-state index contributed by atoms with van der Waals surface area (Å²) >= 11 is 0. The first-order valence-corrected chi connectivity index (χ1v) is 41.4. The molecule has 10 heterocycles. The number of pyridine rings is 1. The number of rotatable bonds is 15. The van der Waals surface area contributed by atoms with Gasteiger partial charge in [0.15, 0.2) is 17.4 Å². The summed E-state index contributed by atoms with van der Waals surface area (Å²) in [6, 6.07) is 39.8. The molecule has 0 aliphatic carbocycles. The third-order valence-electron chi connectivity index (χ3n) is 23.1. The number of hydrogen-bond donors (Lipinski definition) is 7. The molecule has 8 aliphatic heterocycles. The molecule has 6 aromatic carbocycles. The Bertz CT molecular complexity index is 5970. The standard InChI is InChI=1S/C35H32N6O6.C30H34N6O5.C29H31N5O5/c1-34(2,3)32(44)47-28-13-12-27(24-17-36-40(4)18-24)37-29(28)22-8-6-21(7-9-22)14-15-35(31(43)38-33(45)39-35)20-41-19-23-10-11-25(46-5)16-26(23)30(41)42;1-20(2)34-13-4-14-35(16-15-34)26(33-40)22-7-5-21(6-8-22)11-12-30(28(38)31-29(39)32-30)19-36-18-23-9-10-24(41-3)17-25(23)27(36)37;1-32-12-3-13-33(15-14-32)26(31-38)21-6-4-20(5-7-21)10-11-29(17-25(35)30-28(29)37)19-34-18-22-8-9-23(39-2)16-24(22)27(34)36/h6-13,16-18H,19-20H2,1-5H3,(H2,38,39,43,45);5-10,17,20,40H,4,13-16,18-19H2,1-3H3,(H2,31,32,38,39);4-9,16,38H,3,12-15,17-19H2,1-2H3,(H,30,35,37)/t35-;30-;29-/m111/s1. The summed E-state index contributed by atoms with van der Waals surface area (Å²) in [6.45, 7) is 17.1. The number of methoxy groups -OCH3 is 3.